The Morgan fingerprint density at radius 3 is 2.75 bits per heavy atom. The highest BCUT2D eigenvalue weighted by molar-refractivity contribution is 5.97. The van der Waals surface area contributed by atoms with Gasteiger partial charge in [0.15, 0.2) is 6.61 Å². The van der Waals surface area contributed by atoms with Gasteiger partial charge in [0.25, 0.3) is 5.91 Å². The monoisotopic (exact) mass is 366 g/mol. The molecule has 0 spiro atoms. The van der Waals surface area contributed by atoms with E-state index >= 15 is 0 Å². The normalized spacial score (nSPS) is 17.8. The number of hydrogen-bond donors (Lipinski definition) is 2. The molecule has 1 atom stereocenters. The van der Waals surface area contributed by atoms with Crippen LogP contribution < -0.4 is 15.4 Å². The van der Waals surface area contributed by atoms with Crippen LogP contribution in [0.25, 0.3) is 0 Å². The molecule has 1 aliphatic rings. The standard InChI is InChI=1S/C16H21F3N2O2.ClH/c1-11-5-6-14(23-10-16(17,18)19)13(8-11)15(22)21-9-12-4-2-3-7-20-12;/h5-6,8,12,20H,2-4,7,9-10H2,1H3,(H,21,22);1H. The van der Waals surface area contributed by atoms with E-state index in [9.17, 15) is 18.0 Å². The molecule has 1 heterocycles. The minimum Gasteiger partial charge on any atom is -0.483 e. The number of hydrogen-bond acceptors (Lipinski definition) is 3. The number of ether oxygens (including phenoxy) is 1. The van der Waals surface area contributed by atoms with Crippen molar-refractivity contribution in [2.75, 3.05) is 19.7 Å². The molecule has 1 aromatic rings. The zero-order valence-corrected chi connectivity index (χ0v) is 14.2. The number of alkyl halides is 3. The van der Waals surface area contributed by atoms with E-state index in [1.807, 2.05) is 0 Å². The van der Waals surface area contributed by atoms with Gasteiger partial charge in [-0.3, -0.25) is 4.79 Å². The van der Waals surface area contributed by atoms with E-state index in [0.29, 0.717) is 6.54 Å². The summed E-state index contributed by atoms with van der Waals surface area (Å²) in [5.74, 6) is -0.472. The van der Waals surface area contributed by atoms with Gasteiger partial charge in [-0.1, -0.05) is 18.1 Å². The van der Waals surface area contributed by atoms with Crippen molar-refractivity contribution in [3.8, 4) is 5.75 Å². The van der Waals surface area contributed by atoms with Crippen LogP contribution in [0.15, 0.2) is 18.2 Å². The SMILES string of the molecule is Cc1ccc(OCC(F)(F)F)c(C(=O)NCC2CCCCN2)c1.Cl. The number of carbonyl (C=O) groups excluding carboxylic acids is 1. The molecule has 0 radical (unpaired) electrons. The van der Waals surface area contributed by atoms with Crippen LogP contribution in [0.4, 0.5) is 13.2 Å². The molecule has 1 amide bonds. The third kappa shape index (κ3) is 6.57. The number of halogens is 4. The molecule has 0 saturated carbocycles. The molecular formula is C16H22ClF3N2O2. The third-order valence-electron chi connectivity index (χ3n) is 3.69. The number of rotatable bonds is 5. The van der Waals surface area contributed by atoms with Gasteiger partial charge >= 0.3 is 6.18 Å². The maximum atomic E-state index is 12.3. The number of benzene rings is 1. The molecule has 1 saturated heterocycles. The number of amides is 1. The molecule has 4 nitrogen and oxygen atoms in total. The Hall–Kier alpha value is -1.47. The molecule has 1 unspecified atom stereocenters. The smallest absolute Gasteiger partial charge is 0.422 e. The van der Waals surface area contributed by atoms with Crippen molar-refractivity contribution < 1.29 is 22.7 Å². The summed E-state index contributed by atoms with van der Waals surface area (Å²) in [4.78, 5) is 12.3. The Morgan fingerprint density at radius 2 is 2.12 bits per heavy atom. The molecule has 1 aliphatic heterocycles. The highest BCUT2D eigenvalue weighted by Crippen LogP contribution is 2.23. The predicted molar refractivity (Wildman–Crippen MR) is 88.0 cm³/mol. The number of aryl methyl sites for hydroxylation is 1. The molecule has 2 N–H and O–H groups in total. The second kappa shape index (κ2) is 9.13. The van der Waals surface area contributed by atoms with Gasteiger partial charge in [0.1, 0.15) is 5.75 Å². The van der Waals surface area contributed by atoms with Crippen LogP contribution in [-0.4, -0.2) is 37.8 Å². The van der Waals surface area contributed by atoms with Crippen LogP contribution in [0.5, 0.6) is 5.75 Å². The molecule has 0 aliphatic carbocycles. The summed E-state index contributed by atoms with van der Waals surface area (Å²) in [6.45, 7) is 1.73. The topological polar surface area (TPSA) is 50.4 Å². The summed E-state index contributed by atoms with van der Waals surface area (Å²) in [5, 5.41) is 6.07. The average Bonchev–Trinajstić information content (AvgIpc) is 2.51. The predicted octanol–water partition coefficient (Wildman–Crippen LogP) is 3.23. The van der Waals surface area contributed by atoms with Crippen molar-refractivity contribution in [3.05, 3.63) is 29.3 Å². The minimum atomic E-state index is -4.44. The molecule has 0 bridgehead atoms. The van der Waals surface area contributed by atoms with Gasteiger partial charge in [0.05, 0.1) is 5.56 Å². The zero-order valence-electron chi connectivity index (χ0n) is 13.4. The van der Waals surface area contributed by atoms with Crippen molar-refractivity contribution in [1.29, 1.82) is 0 Å². The lowest BCUT2D eigenvalue weighted by atomic mass is 10.0. The molecular weight excluding hydrogens is 345 g/mol. The quantitative estimate of drug-likeness (QED) is 0.841. The highest BCUT2D eigenvalue weighted by atomic mass is 35.5. The molecule has 24 heavy (non-hydrogen) atoms. The first-order valence-corrected chi connectivity index (χ1v) is 7.67. The van der Waals surface area contributed by atoms with Crippen LogP contribution in [0.1, 0.15) is 35.2 Å². The molecule has 136 valence electrons. The van der Waals surface area contributed by atoms with E-state index < -0.39 is 18.7 Å². The Bertz CT molecular complexity index is 547. The lowest BCUT2D eigenvalue weighted by Gasteiger charge is -2.23. The van der Waals surface area contributed by atoms with Crippen molar-refractivity contribution in [2.45, 2.75) is 38.4 Å². The fraction of sp³-hybridized carbons (Fsp3) is 0.562. The van der Waals surface area contributed by atoms with Gasteiger partial charge in [-0.15, -0.1) is 12.4 Å². The molecule has 8 heteroatoms. The number of piperidine rings is 1. The Labute approximate surface area is 145 Å². The van der Waals surface area contributed by atoms with Crippen LogP contribution in [-0.2, 0) is 0 Å². The van der Waals surface area contributed by atoms with Crippen LogP contribution in [0.2, 0.25) is 0 Å². The van der Waals surface area contributed by atoms with E-state index in [0.717, 1.165) is 31.4 Å². The first kappa shape index (κ1) is 20.6. The summed E-state index contributed by atoms with van der Waals surface area (Å²) < 4.78 is 41.7. The van der Waals surface area contributed by atoms with Crippen LogP contribution in [0.3, 0.4) is 0 Å². The van der Waals surface area contributed by atoms with Gasteiger partial charge in [-0.25, -0.2) is 0 Å². The van der Waals surface area contributed by atoms with E-state index in [2.05, 4.69) is 10.6 Å². The highest BCUT2D eigenvalue weighted by Gasteiger charge is 2.29. The van der Waals surface area contributed by atoms with Crippen LogP contribution in [0, 0.1) is 6.92 Å². The second-order valence-corrected chi connectivity index (χ2v) is 5.76. The maximum absolute atomic E-state index is 12.3. The molecule has 2 rings (SSSR count). The van der Waals surface area contributed by atoms with Gasteiger partial charge < -0.3 is 15.4 Å². The first-order chi connectivity index (χ1) is 10.8. The molecule has 1 aromatic carbocycles. The van der Waals surface area contributed by atoms with Gasteiger partial charge in [-0.2, -0.15) is 13.2 Å². The van der Waals surface area contributed by atoms with Gasteiger partial charge in [-0.05, 0) is 38.4 Å². The maximum Gasteiger partial charge on any atom is 0.422 e. The zero-order chi connectivity index (χ0) is 16.9. The summed E-state index contributed by atoms with van der Waals surface area (Å²) in [6.07, 6.45) is -1.23. The largest absolute Gasteiger partial charge is 0.483 e. The fourth-order valence-corrected chi connectivity index (χ4v) is 2.52. The van der Waals surface area contributed by atoms with Crippen molar-refractivity contribution >= 4 is 18.3 Å². The summed E-state index contributed by atoms with van der Waals surface area (Å²) in [5.41, 5.74) is 0.912. The molecule has 0 aromatic heterocycles. The summed E-state index contributed by atoms with van der Waals surface area (Å²) in [6, 6.07) is 4.76. The number of carbonyl (C=O) groups is 1. The van der Waals surface area contributed by atoms with Crippen LogP contribution >= 0.6 is 12.4 Å². The Kier molecular flexibility index (Phi) is 7.83. The van der Waals surface area contributed by atoms with Crippen molar-refractivity contribution in [2.24, 2.45) is 0 Å². The molecule has 1 fully saturated rings. The van der Waals surface area contributed by atoms with Gasteiger partial charge in [0, 0.05) is 12.6 Å². The fourth-order valence-electron chi connectivity index (χ4n) is 2.52. The van der Waals surface area contributed by atoms with E-state index in [1.54, 1.807) is 13.0 Å². The van der Waals surface area contributed by atoms with E-state index in [1.165, 1.54) is 12.1 Å². The van der Waals surface area contributed by atoms with Crippen molar-refractivity contribution in [1.82, 2.24) is 10.6 Å². The lowest BCUT2D eigenvalue weighted by molar-refractivity contribution is -0.153. The Balaban J connectivity index is 0.00000288. The summed E-state index contributed by atoms with van der Waals surface area (Å²) in [7, 11) is 0. The minimum absolute atomic E-state index is 0. The van der Waals surface area contributed by atoms with Gasteiger partial charge in [0.2, 0.25) is 0 Å². The Morgan fingerprint density at radius 1 is 1.38 bits per heavy atom. The van der Waals surface area contributed by atoms with E-state index in [4.69, 9.17) is 4.74 Å². The first-order valence-electron chi connectivity index (χ1n) is 7.67. The summed E-state index contributed by atoms with van der Waals surface area (Å²) >= 11 is 0. The van der Waals surface area contributed by atoms with E-state index in [-0.39, 0.29) is 29.8 Å². The number of nitrogens with one attached hydrogen (secondary N) is 2. The van der Waals surface area contributed by atoms with Crippen molar-refractivity contribution in [3.63, 3.8) is 0 Å². The second-order valence-electron chi connectivity index (χ2n) is 5.76. The average molecular weight is 367 g/mol. The lowest BCUT2D eigenvalue weighted by Crippen LogP contribution is -2.43. The third-order valence-corrected chi connectivity index (χ3v) is 3.69.